The number of benzene rings is 1. The summed E-state index contributed by atoms with van der Waals surface area (Å²) in [5.74, 6) is -0.545. The smallest absolute Gasteiger partial charge is 0.350 e. The molecule has 0 radical (unpaired) electrons. The van der Waals surface area contributed by atoms with Crippen LogP contribution in [0.2, 0.25) is 0 Å². The maximum Gasteiger partial charge on any atom is 0.350 e. The van der Waals surface area contributed by atoms with Gasteiger partial charge in [-0.25, -0.2) is 4.79 Å². The molecule has 0 aliphatic rings. The Kier molecular flexibility index (Phi) is 8.83. The van der Waals surface area contributed by atoms with Crippen LogP contribution < -0.4 is 10.6 Å². The zero-order valence-electron chi connectivity index (χ0n) is 17.0. The maximum absolute atomic E-state index is 12.5. The third kappa shape index (κ3) is 6.76. The second-order valence-corrected chi connectivity index (χ2v) is 9.32. The average Bonchev–Trinajstić information content (AvgIpc) is 3.40. The first-order valence-corrected chi connectivity index (χ1v) is 12.1. The Morgan fingerprint density at radius 2 is 1.97 bits per heavy atom. The molecule has 0 fully saturated rings. The third-order valence-electron chi connectivity index (χ3n) is 3.84. The number of carbonyl (C=O) groups is 2. The molecular formula is C20H22N4O4S3. The van der Waals surface area contributed by atoms with Gasteiger partial charge in [-0.1, -0.05) is 53.4 Å². The van der Waals surface area contributed by atoms with Crippen LogP contribution in [0, 0.1) is 0 Å². The van der Waals surface area contributed by atoms with Gasteiger partial charge in [0.05, 0.1) is 24.7 Å². The van der Waals surface area contributed by atoms with Crippen molar-refractivity contribution in [2.75, 3.05) is 43.3 Å². The van der Waals surface area contributed by atoms with E-state index in [1.54, 1.807) is 20.1 Å². The van der Waals surface area contributed by atoms with Crippen LogP contribution in [0.1, 0.15) is 16.6 Å². The molecule has 0 spiro atoms. The van der Waals surface area contributed by atoms with Gasteiger partial charge in [0.1, 0.15) is 4.88 Å². The van der Waals surface area contributed by atoms with Gasteiger partial charge in [0.15, 0.2) is 4.34 Å². The fourth-order valence-electron chi connectivity index (χ4n) is 2.49. The minimum Gasteiger partial charge on any atom is -0.462 e. The van der Waals surface area contributed by atoms with Crippen LogP contribution in [-0.2, 0) is 14.3 Å². The molecule has 0 aliphatic heterocycles. The first-order chi connectivity index (χ1) is 15.1. The minimum absolute atomic E-state index is 0.144. The summed E-state index contributed by atoms with van der Waals surface area (Å²) in [5, 5.41) is 14.7. The lowest BCUT2D eigenvalue weighted by Crippen LogP contribution is -2.16. The van der Waals surface area contributed by atoms with E-state index in [1.165, 1.54) is 34.4 Å². The number of esters is 1. The van der Waals surface area contributed by atoms with Crippen molar-refractivity contribution in [3.8, 4) is 10.4 Å². The van der Waals surface area contributed by atoms with Gasteiger partial charge in [0, 0.05) is 18.5 Å². The van der Waals surface area contributed by atoms with Crippen molar-refractivity contribution in [1.82, 2.24) is 10.2 Å². The van der Waals surface area contributed by atoms with Crippen molar-refractivity contribution in [2.24, 2.45) is 0 Å². The predicted molar refractivity (Wildman–Crippen MR) is 125 cm³/mol. The van der Waals surface area contributed by atoms with Gasteiger partial charge in [-0.3, -0.25) is 4.79 Å². The molecule has 0 aliphatic carbocycles. The van der Waals surface area contributed by atoms with Crippen LogP contribution >= 0.6 is 34.4 Å². The molecular weight excluding hydrogens is 456 g/mol. The third-order valence-corrected chi connectivity index (χ3v) is 7.02. The number of nitrogens with one attached hydrogen (secondary N) is 2. The van der Waals surface area contributed by atoms with E-state index in [9.17, 15) is 9.59 Å². The zero-order chi connectivity index (χ0) is 22.1. The molecule has 11 heteroatoms. The molecule has 1 aromatic carbocycles. The minimum atomic E-state index is -0.450. The number of aromatic nitrogens is 2. The number of anilines is 2. The van der Waals surface area contributed by atoms with E-state index in [0.29, 0.717) is 33.2 Å². The van der Waals surface area contributed by atoms with Crippen LogP contribution in [0.4, 0.5) is 10.8 Å². The van der Waals surface area contributed by atoms with Crippen LogP contribution in [0.25, 0.3) is 10.4 Å². The molecule has 0 unspecified atom stereocenters. The average molecular weight is 479 g/mol. The lowest BCUT2D eigenvalue weighted by molar-refractivity contribution is -0.113. The summed E-state index contributed by atoms with van der Waals surface area (Å²) in [4.78, 5) is 26.2. The SMILES string of the molecule is CCOC(=O)c1sc(-c2ccccc2)cc1NC(=O)CSc1nnc(NCCOC)s1. The van der Waals surface area contributed by atoms with Crippen LogP contribution in [-0.4, -0.2) is 54.7 Å². The summed E-state index contributed by atoms with van der Waals surface area (Å²) in [6, 6.07) is 11.5. The largest absolute Gasteiger partial charge is 0.462 e. The Labute approximate surface area is 192 Å². The lowest BCUT2D eigenvalue weighted by Gasteiger charge is -2.05. The summed E-state index contributed by atoms with van der Waals surface area (Å²) in [6.07, 6.45) is 0. The normalized spacial score (nSPS) is 10.6. The van der Waals surface area contributed by atoms with Gasteiger partial charge in [-0.2, -0.15) is 0 Å². The van der Waals surface area contributed by atoms with E-state index in [2.05, 4.69) is 20.8 Å². The van der Waals surface area contributed by atoms with Gasteiger partial charge >= 0.3 is 5.97 Å². The van der Waals surface area contributed by atoms with E-state index in [4.69, 9.17) is 9.47 Å². The highest BCUT2D eigenvalue weighted by Crippen LogP contribution is 2.35. The number of rotatable bonds is 11. The molecule has 0 bridgehead atoms. The first-order valence-electron chi connectivity index (χ1n) is 9.46. The Bertz CT molecular complexity index is 1010. The van der Waals surface area contributed by atoms with Crippen LogP contribution in [0.15, 0.2) is 40.7 Å². The van der Waals surface area contributed by atoms with E-state index in [0.717, 1.165) is 10.4 Å². The fourth-order valence-corrected chi connectivity index (χ4v) is 5.08. The number of thiophene rings is 1. The number of hydrogen-bond donors (Lipinski definition) is 2. The second kappa shape index (κ2) is 11.8. The van der Waals surface area contributed by atoms with Crippen molar-refractivity contribution in [3.63, 3.8) is 0 Å². The molecule has 0 saturated carbocycles. The summed E-state index contributed by atoms with van der Waals surface area (Å²) >= 11 is 3.95. The Morgan fingerprint density at radius 1 is 1.16 bits per heavy atom. The highest BCUT2D eigenvalue weighted by Gasteiger charge is 2.20. The molecule has 0 saturated heterocycles. The Balaban J connectivity index is 1.64. The summed E-state index contributed by atoms with van der Waals surface area (Å²) in [5.41, 5.74) is 1.42. The number of ether oxygens (including phenoxy) is 2. The van der Waals surface area contributed by atoms with E-state index in [-0.39, 0.29) is 18.3 Å². The van der Waals surface area contributed by atoms with Gasteiger partial charge < -0.3 is 20.1 Å². The number of carbonyl (C=O) groups excluding carboxylic acids is 2. The quantitative estimate of drug-likeness (QED) is 0.240. The highest BCUT2D eigenvalue weighted by atomic mass is 32.2. The highest BCUT2D eigenvalue weighted by molar-refractivity contribution is 8.01. The van der Waals surface area contributed by atoms with Crippen LogP contribution in [0.5, 0.6) is 0 Å². The van der Waals surface area contributed by atoms with Crippen molar-refractivity contribution in [1.29, 1.82) is 0 Å². The summed E-state index contributed by atoms with van der Waals surface area (Å²) in [6.45, 7) is 3.21. The van der Waals surface area contributed by atoms with Crippen molar-refractivity contribution in [3.05, 3.63) is 41.3 Å². The van der Waals surface area contributed by atoms with Crippen molar-refractivity contribution >= 4 is 57.1 Å². The first kappa shape index (κ1) is 23.2. The van der Waals surface area contributed by atoms with Crippen molar-refractivity contribution in [2.45, 2.75) is 11.3 Å². The molecule has 0 atom stereocenters. The second-order valence-electron chi connectivity index (χ2n) is 6.07. The van der Waals surface area contributed by atoms with E-state index in [1.807, 2.05) is 30.3 Å². The molecule has 3 rings (SSSR count). The maximum atomic E-state index is 12.5. The lowest BCUT2D eigenvalue weighted by atomic mass is 10.2. The van der Waals surface area contributed by atoms with E-state index < -0.39 is 5.97 Å². The zero-order valence-corrected chi connectivity index (χ0v) is 19.5. The molecule has 1 amide bonds. The predicted octanol–water partition coefficient (Wildman–Crippen LogP) is 4.23. The topological polar surface area (TPSA) is 102 Å². The number of hydrogen-bond acceptors (Lipinski definition) is 10. The summed E-state index contributed by atoms with van der Waals surface area (Å²) in [7, 11) is 1.63. The van der Waals surface area contributed by atoms with Gasteiger partial charge in [0.2, 0.25) is 11.0 Å². The Hall–Kier alpha value is -2.47. The molecule has 2 N–H and O–H groups in total. The number of methoxy groups -OCH3 is 1. The molecule has 31 heavy (non-hydrogen) atoms. The van der Waals surface area contributed by atoms with Gasteiger partial charge in [0.25, 0.3) is 0 Å². The molecule has 3 aromatic rings. The van der Waals surface area contributed by atoms with Gasteiger partial charge in [-0.15, -0.1) is 21.5 Å². The Morgan fingerprint density at radius 3 is 2.71 bits per heavy atom. The molecule has 164 valence electrons. The van der Waals surface area contributed by atoms with Crippen molar-refractivity contribution < 1.29 is 19.1 Å². The number of amides is 1. The van der Waals surface area contributed by atoms with E-state index >= 15 is 0 Å². The standard InChI is InChI=1S/C20H22N4O4S3/c1-3-28-18(26)17-14(11-15(30-17)13-7-5-4-6-8-13)22-16(25)12-29-20-24-23-19(31-20)21-9-10-27-2/h4-8,11H,3,9-10,12H2,1-2H3,(H,21,23)(H,22,25). The van der Waals surface area contributed by atoms with Gasteiger partial charge in [-0.05, 0) is 18.6 Å². The molecule has 8 nitrogen and oxygen atoms in total. The van der Waals surface area contributed by atoms with Crippen LogP contribution in [0.3, 0.4) is 0 Å². The number of nitrogens with zero attached hydrogens (tertiary/aromatic N) is 2. The molecule has 2 heterocycles. The summed E-state index contributed by atoms with van der Waals surface area (Å²) < 4.78 is 10.8. The number of thioether (sulfide) groups is 1. The molecule has 2 aromatic heterocycles. The fraction of sp³-hybridized carbons (Fsp3) is 0.300. The monoisotopic (exact) mass is 478 g/mol.